The number of aliphatic imine (C=N–C) groups is 1. The third kappa shape index (κ3) is 6.30. The van der Waals surface area contributed by atoms with E-state index in [1.807, 2.05) is 12.1 Å². The number of hydrogen-bond acceptors (Lipinski definition) is 4. The standard InChI is InChI=1S/C16H26N4O2/c1-17-16(19-7-3-9-21-2)20-11-14-6-8-18-15(10-14)22-12-13-4-5-13/h6,8,10,13H,3-5,7,9,11-12H2,1-2H3,(H2,17,19,20). The van der Waals surface area contributed by atoms with E-state index in [4.69, 9.17) is 9.47 Å². The van der Waals surface area contributed by atoms with Gasteiger partial charge >= 0.3 is 0 Å². The van der Waals surface area contributed by atoms with Crippen molar-refractivity contribution < 1.29 is 9.47 Å². The largest absolute Gasteiger partial charge is 0.477 e. The van der Waals surface area contributed by atoms with Gasteiger partial charge in [-0.2, -0.15) is 0 Å². The van der Waals surface area contributed by atoms with Crippen LogP contribution in [0.2, 0.25) is 0 Å². The van der Waals surface area contributed by atoms with Crippen molar-refractivity contribution in [1.29, 1.82) is 0 Å². The third-order valence-corrected chi connectivity index (χ3v) is 3.46. The molecule has 122 valence electrons. The summed E-state index contributed by atoms with van der Waals surface area (Å²) in [5.74, 6) is 2.22. The Morgan fingerprint density at radius 3 is 3.00 bits per heavy atom. The molecule has 1 saturated carbocycles. The van der Waals surface area contributed by atoms with Gasteiger partial charge in [-0.05, 0) is 36.8 Å². The van der Waals surface area contributed by atoms with E-state index in [0.717, 1.165) is 43.6 Å². The summed E-state index contributed by atoms with van der Waals surface area (Å²) in [6.45, 7) is 3.05. The Hall–Kier alpha value is -1.82. The van der Waals surface area contributed by atoms with E-state index in [9.17, 15) is 0 Å². The third-order valence-electron chi connectivity index (χ3n) is 3.46. The van der Waals surface area contributed by atoms with Crippen molar-refractivity contribution in [2.45, 2.75) is 25.8 Å². The molecule has 6 nitrogen and oxygen atoms in total. The van der Waals surface area contributed by atoms with Crippen molar-refractivity contribution in [3.8, 4) is 5.88 Å². The molecule has 1 aromatic rings. The number of nitrogens with one attached hydrogen (secondary N) is 2. The Labute approximate surface area is 132 Å². The fraction of sp³-hybridized carbons (Fsp3) is 0.625. The summed E-state index contributed by atoms with van der Waals surface area (Å²) in [6.07, 6.45) is 5.30. The van der Waals surface area contributed by atoms with Gasteiger partial charge in [0.05, 0.1) is 6.61 Å². The zero-order chi connectivity index (χ0) is 15.6. The van der Waals surface area contributed by atoms with Crippen molar-refractivity contribution in [2.75, 3.05) is 33.9 Å². The van der Waals surface area contributed by atoms with Gasteiger partial charge in [0.25, 0.3) is 0 Å². The molecule has 0 spiro atoms. The molecule has 6 heteroatoms. The summed E-state index contributed by atoms with van der Waals surface area (Å²) in [5.41, 5.74) is 1.13. The van der Waals surface area contributed by atoms with E-state index in [1.54, 1.807) is 20.4 Å². The van der Waals surface area contributed by atoms with Gasteiger partial charge < -0.3 is 20.1 Å². The lowest BCUT2D eigenvalue weighted by molar-refractivity contribution is 0.195. The monoisotopic (exact) mass is 306 g/mol. The highest BCUT2D eigenvalue weighted by Crippen LogP contribution is 2.29. The van der Waals surface area contributed by atoms with Crippen LogP contribution in [0.1, 0.15) is 24.8 Å². The highest BCUT2D eigenvalue weighted by Gasteiger charge is 2.22. The number of guanidine groups is 1. The second-order valence-electron chi connectivity index (χ2n) is 5.46. The highest BCUT2D eigenvalue weighted by atomic mass is 16.5. The smallest absolute Gasteiger partial charge is 0.213 e. The molecule has 0 amide bonds. The van der Waals surface area contributed by atoms with Crippen LogP contribution in [-0.4, -0.2) is 44.9 Å². The highest BCUT2D eigenvalue weighted by molar-refractivity contribution is 5.79. The number of methoxy groups -OCH3 is 1. The SMILES string of the molecule is CN=C(NCCCOC)NCc1ccnc(OCC2CC2)c1. The summed E-state index contributed by atoms with van der Waals surface area (Å²) in [5, 5.41) is 6.53. The molecule has 2 N–H and O–H groups in total. The Balaban J connectivity index is 1.73. The summed E-state index contributed by atoms with van der Waals surface area (Å²) in [6, 6.07) is 3.96. The topological polar surface area (TPSA) is 67.8 Å². The molecule has 0 aromatic carbocycles. The average molecular weight is 306 g/mol. The second kappa shape index (κ2) is 9.25. The van der Waals surface area contributed by atoms with E-state index in [1.165, 1.54) is 12.8 Å². The Morgan fingerprint density at radius 2 is 2.27 bits per heavy atom. The molecule has 1 aromatic heterocycles. The molecule has 0 unspecified atom stereocenters. The Kier molecular flexibility index (Phi) is 6.96. The van der Waals surface area contributed by atoms with Crippen LogP contribution in [0.3, 0.4) is 0 Å². The maximum atomic E-state index is 5.70. The van der Waals surface area contributed by atoms with Crippen LogP contribution < -0.4 is 15.4 Å². The van der Waals surface area contributed by atoms with Gasteiger partial charge in [-0.25, -0.2) is 4.98 Å². The number of hydrogen-bond donors (Lipinski definition) is 2. The molecule has 22 heavy (non-hydrogen) atoms. The minimum Gasteiger partial charge on any atom is -0.477 e. The first-order valence-electron chi connectivity index (χ1n) is 7.83. The first-order chi connectivity index (χ1) is 10.8. The molecule has 1 aliphatic rings. The summed E-state index contributed by atoms with van der Waals surface area (Å²) in [4.78, 5) is 8.44. The van der Waals surface area contributed by atoms with Crippen molar-refractivity contribution >= 4 is 5.96 Å². The lowest BCUT2D eigenvalue weighted by atomic mass is 10.2. The van der Waals surface area contributed by atoms with E-state index in [2.05, 4.69) is 20.6 Å². The van der Waals surface area contributed by atoms with Crippen LogP contribution in [0, 0.1) is 5.92 Å². The number of aromatic nitrogens is 1. The van der Waals surface area contributed by atoms with Gasteiger partial charge in [-0.1, -0.05) is 0 Å². The Morgan fingerprint density at radius 1 is 1.41 bits per heavy atom. The first kappa shape index (κ1) is 16.5. The molecular formula is C16H26N4O2. The fourth-order valence-electron chi connectivity index (χ4n) is 1.96. The predicted octanol–water partition coefficient (Wildman–Crippen LogP) is 1.57. The van der Waals surface area contributed by atoms with Gasteiger partial charge in [0.1, 0.15) is 0 Å². The van der Waals surface area contributed by atoms with E-state index >= 15 is 0 Å². The summed E-state index contributed by atoms with van der Waals surface area (Å²) >= 11 is 0. The maximum absolute atomic E-state index is 5.70. The summed E-state index contributed by atoms with van der Waals surface area (Å²) in [7, 11) is 3.47. The normalized spacial score (nSPS) is 14.7. The van der Waals surface area contributed by atoms with Crippen LogP contribution in [0.15, 0.2) is 23.3 Å². The molecule has 0 atom stereocenters. The summed E-state index contributed by atoms with van der Waals surface area (Å²) < 4.78 is 10.7. The first-order valence-corrected chi connectivity index (χ1v) is 7.83. The van der Waals surface area contributed by atoms with Crippen LogP contribution >= 0.6 is 0 Å². The quantitative estimate of drug-likeness (QED) is 0.412. The van der Waals surface area contributed by atoms with Gasteiger partial charge in [-0.3, -0.25) is 4.99 Å². The fourth-order valence-corrected chi connectivity index (χ4v) is 1.96. The molecule has 1 heterocycles. The zero-order valence-electron chi connectivity index (χ0n) is 13.5. The molecule has 0 radical (unpaired) electrons. The lowest BCUT2D eigenvalue weighted by Crippen LogP contribution is -2.37. The molecule has 1 aliphatic carbocycles. The minimum absolute atomic E-state index is 0.687. The molecule has 0 saturated heterocycles. The molecule has 2 rings (SSSR count). The number of ether oxygens (including phenoxy) is 2. The molecule has 1 fully saturated rings. The average Bonchev–Trinajstić information content (AvgIpc) is 3.37. The van der Waals surface area contributed by atoms with Gasteiger partial charge in [0.15, 0.2) is 5.96 Å². The van der Waals surface area contributed by atoms with Crippen LogP contribution in [-0.2, 0) is 11.3 Å². The predicted molar refractivity (Wildman–Crippen MR) is 87.2 cm³/mol. The van der Waals surface area contributed by atoms with Crippen LogP contribution in [0.4, 0.5) is 0 Å². The van der Waals surface area contributed by atoms with Gasteiger partial charge in [0, 0.05) is 46.1 Å². The van der Waals surface area contributed by atoms with Crippen LogP contribution in [0.5, 0.6) is 5.88 Å². The number of pyridine rings is 1. The molecule has 0 bridgehead atoms. The number of nitrogens with zero attached hydrogens (tertiary/aromatic N) is 2. The van der Waals surface area contributed by atoms with E-state index in [-0.39, 0.29) is 0 Å². The van der Waals surface area contributed by atoms with Crippen molar-refractivity contribution in [1.82, 2.24) is 15.6 Å². The Bertz CT molecular complexity index is 475. The van der Waals surface area contributed by atoms with Crippen molar-refractivity contribution in [3.63, 3.8) is 0 Å². The van der Waals surface area contributed by atoms with E-state index in [0.29, 0.717) is 12.4 Å². The zero-order valence-corrected chi connectivity index (χ0v) is 13.5. The van der Waals surface area contributed by atoms with Gasteiger partial charge in [-0.15, -0.1) is 0 Å². The van der Waals surface area contributed by atoms with Crippen LogP contribution in [0.25, 0.3) is 0 Å². The van der Waals surface area contributed by atoms with Gasteiger partial charge in [0.2, 0.25) is 5.88 Å². The lowest BCUT2D eigenvalue weighted by Gasteiger charge is -2.12. The van der Waals surface area contributed by atoms with Crippen molar-refractivity contribution in [2.24, 2.45) is 10.9 Å². The minimum atomic E-state index is 0.687. The molecular weight excluding hydrogens is 280 g/mol. The van der Waals surface area contributed by atoms with E-state index < -0.39 is 0 Å². The number of rotatable bonds is 9. The maximum Gasteiger partial charge on any atom is 0.213 e. The molecule has 0 aliphatic heterocycles. The second-order valence-corrected chi connectivity index (χ2v) is 5.46. The van der Waals surface area contributed by atoms with Crippen molar-refractivity contribution in [3.05, 3.63) is 23.9 Å².